The smallest absolute Gasteiger partial charge is 0.235 e. The Morgan fingerprint density at radius 1 is 1.30 bits per heavy atom. The Hall–Kier alpha value is -1.12. The first-order valence-corrected chi connectivity index (χ1v) is 7.84. The van der Waals surface area contributed by atoms with Crippen molar-refractivity contribution < 1.29 is 4.79 Å². The highest BCUT2D eigenvalue weighted by molar-refractivity contribution is 5.79. The van der Waals surface area contributed by atoms with Gasteiger partial charge in [0.1, 0.15) is 5.54 Å². The van der Waals surface area contributed by atoms with E-state index in [-0.39, 0.29) is 11.9 Å². The zero-order valence-corrected chi connectivity index (χ0v) is 12.2. The molecule has 0 radical (unpaired) electrons. The number of hydrogen-bond acceptors (Lipinski definition) is 4. The van der Waals surface area contributed by atoms with E-state index < -0.39 is 5.54 Å². The first-order chi connectivity index (χ1) is 9.63. The molecular formula is C15H26N4O. The molecule has 3 N–H and O–H groups in total. The van der Waals surface area contributed by atoms with Crippen LogP contribution in [0.2, 0.25) is 0 Å². The lowest BCUT2D eigenvalue weighted by atomic mass is 9.92. The van der Waals surface area contributed by atoms with E-state index in [2.05, 4.69) is 16.3 Å². The Bertz CT molecular complexity index is 369. The molecule has 5 heteroatoms. The lowest BCUT2D eigenvalue weighted by Crippen LogP contribution is -2.52. The molecule has 0 aromatic rings. The molecule has 1 heterocycles. The fourth-order valence-electron chi connectivity index (χ4n) is 3.34. The maximum atomic E-state index is 12.2. The fraction of sp³-hybridized carbons (Fsp3) is 0.867. The molecule has 20 heavy (non-hydrogen) atoms. The molecule has 1 aliphatic heterocycles. The van der Waals surface area contributed by atoms with Gasteiger partial charge in [-0.15, -0.1) is 0 Å². The first-order valence-electron chi connectivity index (χ1n) is 7.84. The van der Waals surface area contributed by atoms with Gasteiger partial charge in [-0.2, -0.15) is 5.26 Å². The number of nitrogens with two attached hydrogens (primary N) is 1. The van der Waals surface area contributed by atoms with Crippen molar-refractivity contribution in [1.82, 2.24) is 10.2 Å². The second kappa shape index (κ2) is 7.05. The van der Waals surface area contributed by atoms with Crippen LogP contribution in [-0.2, 0) is 4.79 Å². The van der Waals surface area contributed by atoms with Crippen LogP contribution in [0.15, 0.2) is 0 Å². The summed E-state index contributed by atoms with van der Waals surface area (Å²) in [5.41, 5.74) is 5.30. The summed E-state index contributed by atoms with van der Waals surface area (Å²) in [4.78, 5) is 14.3. The minimum absolute atomic E-state index is 0.0254. The molecule has 0 spiro atoms. The van der Waals surface area contributed by atoms with Gasteiger partial charge < -0.3 is 11.1 Å². The molecule has 2 rings (SSSR count). The van der Waals surface area contributed by atoms with Crippen molar-refractivity contribution in [2.75, 3.05) is 19.6 Å². The Balaban J connectivity index is 1.87. The normalized spacial score (nSPS) is 27.3. The Morgan fingerprint density at radius 3 is 2.60 bits per heavy atom. The van der Waals surface area contributed by atoms with Crippen LogP contribution in [-0.4, -0.2) is 42.0 Å². The number of rotatable bonds is 3. The van der Waals surface area contributed by atoms with Gasteiger partial charge in [-0.25, -0.2) is 0 Å². The van der Waals surface area contributed by atoms with Crippen molar-refractivity contribution in [2.45, 2.75) is 62.9 Å². The third-order valence-electron chi connectivity index (χ3n) is 4.46. The molecule has 2 aliphatic rings. The third kappa shape index (κ3) is 4.19. The molecule has 5 nitrogen and oxygen atoms in total. The van der Waals surface area contributed by atoms with E-state index in [0.29, 0.717) is 6.54 Å². The predicted octanol–water partition coefficient (Wildman–Crippen LogP) is 1.14. The molecule has 0 aromatic carbocycles. The van der Waals surface area contributed by atoms with E-state index in [9.17, 15) is 10.1 Å². The molecule has 1 atom stereocenters. The van der Waals surface area contributed by atoms with Gasteiger partial charge in [0.05, 0.1) is 12.6 Å². The van der Waals surface area contributed by atoms with Crippen molar-refractivity contribution in [3.63, 3.8) is 0 Å². The number of likely N-dealkylation sites (tertiary alicyclic amines) is 1. The van der Waals surface area contributed by atoms with E-state index >= 15 is 0 Å². The second-order valence-electron chi connectivity index (χ2n) is 6.29. The molecule has 112 valence electrons. The highest BCUT2D eigenvalue weighted by Gasteiger charge is 2.33. The monoisotopic (exact) mass is 278 g/mol. The number of nitrogens with one attached hydrogen (secondary N) is 1. The summed E-state index contributed by atoms with van der Waals surface area (Å²) < 4.78 is 0. The Labute approximate surface area is 121 Å². The van der Waals surface area contributed by atoms with Gasteiger partial charge in [0.2, 0.25) is 5.91 Å². The maximum absolute atomic E-state index is 12.2. The predicted molar refractivity (Wildman–Crippen MR) is 77.8 cm³/mol. The largest absolute Gasteiger partial charge is 0.337 e. The second-order valence-corrected chi connectivity index (χ2v) is 6.29. The molecule has 1 saturated carbocycles. The lowest BCUT2D eigenvalue weighted by molar-refractivity contribution is -0.124. The van der Waals surface area contributed by atoms with Crippen LogP contribution in [0, 0.1) is 11.3 Å². The van der Waals surface area contributed by atoms with Gasteiger partial charge in [0.25, 0.3) is 0 Å². The minimum atomic E-state index is -0.633. The molecule has 1 saturated heterocycles. The first kappa shape index (κ1) is 15.3. The number of carbonyl (C=O) groups is 1. The number of carbonyl (C=O) groups excluding carboxylic acids is 1. The summed E-state index contributed by atoms with van der Waals surface area (Å²) in [6.45, 7) is 2.09. The van der Waals surface area contributed by atoms with Crippen LogP contribution < -0.4 is 11.1 Å². The molecule has 0 aromatic heterocycles. The molecule has 1 amide bonds. The Morgan fingerprint density at radius 2 is 2.00 bits per heavy atom. The SMILES string of the molecule is N#CC1(NC(=O)CN2CCC[C@@H](N)C2)CCCCCC1. The van der Waals surface area contributed by atoms with Crippen molar-refractivity contribution in [1.29, 1.82) is 5.26 Å². The standard InChI is InChI=1S/C15H26N4O/c16-12-15(7-3-1-2-4-8-15)18-14(20)11-19-9-5-6-13(17)10-19/h13H,1-11,17H2,(H,18,20)/t13-/m1/s1. The van der Waals surface area contributed by atoms with Crippen LogP contribution in [0.5, 0.6) is 0 Å². The lowest BCUT2D eigenvalue weighted by Gasteiger charge is -2.32. The van der Waals surface area contributed by atoms with Crippen molar-refractivity contribution in [2.24, 2.45) is 5.73 Å². The number of piperidine rings is 1. The van der Waals surface area contributed by atoms with Gasteiger partial charge in [-0.05, 0) is 32.2 Å². The summed E-state index contributed by atoms with van der Waals surface area (Å²) in [6, 6.07) is 2.54. The summed E-state index contributed by atoms with van der Waals surface area (Å²) in [7, 11) is 0. The van der Waals surface area contributed by atoms with E-state index in [1.807, 2.05) is 0 Å². The van der Waals surface area contributed by atoms with Gasteiger partial charge in [0, 0.05) is 12.6 Å². The number of amides is 1. The average Bonchev–Trinajstić information content (AvgIpc) is 2.65. The summed E-state index contributed by atoms with van der Waals surface area (Å²) in [5.74, 6) is -0.0254. The zero-order valence-electron chi connectivity index (χ0n) is 12.2. The highest BCUT2D eigenvalue weighted by atomic mass is 16.2. The van der Waals surface area contributed by atoms with Crippen LogP contribution >= 0.6 is 0 Å². The number of nitrogens with zero attached hydrogens (tertiary/aromatic N) is 2. The number of nitriles is 1. The third-order valence-corrected chi connectivity index (χ3v) is 4.46. The topological polar surface area (TPSA) is 82.2 Å². The van der Waals surface area contributed by atoms with Gasteiger partial charge in [-0.1, -0.05) is 25.7 Å². The summed E-state index contributed by atoms with van der Waals surface area (Å²) >= 11 is 0. The van der Waals surface area contributed by atoms with Crippen molar-refractivity contribution >= 4 is 5.91 Å². The van der Waals surface area contributed by atoms with E-state index in [1.165, 1.54) is 12.8 Å². The van der Waals surface area contributed by atoms with Crippen molar-refractivity contribution in [3.05, 3.63) is 0 Å². The molecule has 0 unspecified atom stereocenters. The van der Waals surface area contributed by atoms with E-state index in [1.54, 1.807) is 0 Å². The number of hydrogen-bond donors (Lipinski definition) is 2. The quantitative estimate of drug-likeness (QED) is 0.759. The average molecular weight is 278 g/mol. The molecule has 1 aliphatic carbocycles. The maximum Gasteiger partial charge on any atom is 0.235 e. The van der Waals surface area contributed by atoms with Gasteiger partial charge in [0.15, 0.2) is 0 Å². The fourth-order valence-corrected chi connectivity index (χ4v) is 3.34. The molecule has 2 fully saturated rings. The van der Waals surface area contributed by atoms with Crippen molar-refractivity contribution in [3.8, 4) is 6.07 Å². The van der Waals surface area contributed by atoms with E-state index in [0.717, 1.165) is 51.6 Å². The van der Waals surface area contributed by atoms with Crippen LogP contribution in [0.1, 0.15) is 51.4 Å². The van der Waals surface area contributed by atoms with Crippen LogP contribution in [0.25, 0.3) is 0 Å². The van der Waals surface area contributed by atoms with Crippen LogP contribution in [0.4, 0.5) is 0 Å². The highest BCUT2D eigenvalue weighted by Crippen LogP contribution is 2.26. The summed E-state index contributed by atoms with van der Waals surface area (Å²) in [6.07, 6.45) is 8.06. The molecule has 0 bridgehead atoms. The zero-order chi connectivity index (χ0) is 14.4. The van der Waals surface area contributed by atoms with Crippen LogP contribution in [0.3, 0.4) is 0 Å². The summed E-state index contributed by atoms with van der Waals surface area (Å²) in [5, 5.41) is 12.5. The Kier molecular flexibility index (Phi) is 5.38. The van der Waals surface area contributed by atoms with Gasteiger partial charge in [-0.3, -0.25) is 9.69 Å². The molecular weight excluding hydrogens is 252 g/mol. The van der Waals surface area contributed by atoms with E-state index in [4.69, 9.17) is 5.73 Å². The minimum Gasteiger partial charge on any atom is -0.337 e. The van der Waals surface area contributed by atoms with Gasteiger partial charge >= 0.3 is 0 Å².